The SMILES string of the molecule is O=C(NCc1ccccc1OC(F)(F)F)[C@@H]1CCCN1S(=O)(=O)c1cc2ccccc2o1. The Morgan fingerprint density at radius 2 is 1.88 bits per heavy atom. The summed E-state index contributed by atoms with van der Waals surface area (Å²) in [7, 11) is -4.08. The van der Waals surface area contributed by atoms with Crippen molar-refractivity contribution in [3.63, 3.8) is 0 Å². The lowest BCUT2D eigenvalue weighted by Crippen LogP contribution is -2.45. The number of benzene rings is 2. The van der Waals surface area contributed by atoms with Gasteiger partial charge in [0.05, 0.1) is 0 Å². The molecule has 1 saturated heterocycles. The summed E-state index contributed by atoms with van der Waals surface area (Å²) in [5, 5.41) is 2.88. The van der Waals surface area contributed by atoms with E-state index in [1.54, 1.807) is 24.3 Å². The highest BCUT2D eigenvalue weighted by Crippen LogP contribution is 2.30. The number of furan rings is 1. The Morgan fingerprint density at radius 3 is 2.62 bits per heavy atom. The smallest absolute Gasteiger partial charge is 0.443 e. The first kappa shape index (κ1) is 22.2. The minimum atomic E-state index is -4.87. The monoisotopic (exact) mass is 468 g/mol. The molecule has 0 radical (unpaired) electrons. The number of nitrogens with zero attached hydrogens (tertiary/aromatic N) is 1. The summed E-state index contributed by atoms with van der Waals surface area (Å²) in [4.78, 5) is 12.8. The molecular formula is C21H19F3N2O5S. The van der Waals surface area contributed by atoms with Gasteiger partial charge in [0.1, 0.15) is 17.4 Å². The van der Waals surface area contributed by atoms with Crippen molar-refractivity contribution >= 4 is 26.9 Å². The van der Waals surface area contributed by atoms with Gasteiger partial charge in [-0.3, -0.25) is 4.79 Å². The Balaban J connectivity index is 1.50. The molecule has 0 unspecified atom stereocenters. The molecule has 0 saturated carbocycles. The standard InChI is InChI=1S/C21H19F3N2O5S/c22-21(23,24)31-18-10-4-2-7-15(18)13-25-20(27)16-8-5-11-26(16)32(28,29)19-12-14-6-1-3-9-17(14)30-19/h1-4,6-7,9-10,12,16H,5,8,11,13H2,(H,25,27)/t16-/m0/s1. The van der Waals surface area contributed by atoms with E-state index in [1.165, 1.54) is 24.3 Å². The highest BCUT2D eigenvalue weighted by atomic mass is 32.2. The van der Waals surface area contributed by atoms with Gasteiger partial charge in [-0.15, -0.1) is 13.2 Å². The third kappa shape index (κ3) is 4.58. The van der Waals surface area contributed by atoms with Crippen molar-refractivity contribution in [2.45, 2.75) is 36.9 Å². The van der Waals surface area contributed by atoms with Crippen LogP contribution in [0.5, 0.6) is 5.75 Å². The van der Waals surface area contributed by atoms with E-state index in [1.807, 2.05) is 0 Å². The van der Waals surface area contributed by atoms with Gasteiger partial charge >= 0.3 is 6.36 Å². The lowest BCUT2D eigenvalue weighted by molar-refractivity contribution is -0.274. The maximum absolute atomic E-state index is 13.1. The molecule has 11 heteroatoms. The topological polar surface area (TPSA) is 88.9 Å². The van der Waals surface area contributed by atoms with Gasteiger partial charge in [-0.25, -0.2) is 8.42 Å². The molecule has 2 aromatic carbocycles. The van der Waals surface area contributed by atoms with E-state index >= 15 is 0 Å². The Bertz CT molecular complexity index is 1210. The fraction of sp³-hybridized carbons (Fsp3) is 0.286. The third-order valence-corrected chi connectivity index (χ3v) is 6.89. The molecule has 1 N–H and O–H groups in total. The van der Waals surface area contributed by atoms with E-state index in [0.717, 1.165) is 10.4 Å². The molecule has 1 aromatic heterocycles. The van der Waals surface area contributed by atoms with E-state index in [2.05, 4.69) is 10.1 Å². The first-order valence-corrected chi connectivity index (χ1v) is 11.2. The predicted molar refractivity (Wildman–Crippen MR) is 108 cm³/mol. The number of sulfonamides is 1. The van der Waals surface area contributed by atoms with Crippen molar-refractivity contribution in [2.24, 2.45) is 0 Å². The molecule has 1 atom stereocenters. The zero-order valence-electron chi connectivity index (χ0n) is 16.6. The maximum Gasteiger partial charge on any atom is 0.573 e. The van der Waals surface area contributed by atoms with Gasteiger partial charge in [-0.05, 0) is 25.0 Å². The number of para-hydroxylation sites is 2. The number of nitrogens with one attached hydrogen (secondary N) is 1. The van der Waals surface area contributed by atoms with Crippen LogP contribution < -0.4 is 10.1 Å². The number of amides is 1. The average molecular weight is 468 g/mol. The van der Waals surface area contributed by atoms with Crippen molar-refractivity contribution in [1.29, 1.82) is 0 Å². The molecule has 3 aromatic rings. The fourth-order valence-corrected chi connectivity index (χ4v) is 5.27. The van der Waals surface area contributed by atoms with Crippen LogP contribution in [0.15, 0.2) is 64.1 Å². The molecule has 32 heavy (non-hydrogen) atoms. The predicted octanol–water partition coefficient (Wildman–Crippen LogP) is 3.80. The maximum atomic E-state index is 13.1. The van der Waals surface area contributed by atoms with Crippen LogP contribution in [0.2, 0.25) is 0 Å². The van der Waals surface area contributed by atoms with E-state index in [0.29, 0.717) is 17.4 Å². The summed E-state index contributed by atoms with van der Waals surface area (Å²) in [5.74, 6) is -1.04. The van der Waals surface area contributed by atoms with Crippen LogP contribution in [0, 0.1) is 0 Å². The Morgan fingerprint density at radius 1 is 1.16 bits per heavy atom. The zero-order chi connectivity index (χ0) is 22.9. The van der Waals surface area contributed by atoms with Gasteiger partial charge in [0.2, 0.25) is 11.0 Å². The van der Waals surface area contributed by atoms with Crippen LogP contribution in [-0.4, -0.2) is 37.6 Å². The van der Waals surface area contributed by atoms with Crippen LogP contribution >= 0.6 is 0 Å². The second kappa shape index (κ2) is 8.47. The minimum Gasteiger partial charge on any atom is -0.443 e. The first-order valence-electron chi connectivity index (χ1n) is 9.77. The highest BCUT2D eigenvalue weighted by molar-refractivity contribution is 7.89. The number of fused-ring (bicyclic) bond motifs is 1. The summed E-state index contributed by atoms with van der Waals surface area (Å²) < 4.78 is 74.5. The lowest BCUT2D eigenvalue weighted by Gasteiger charge is -2.22. The first-order chi connectivity index (χ1) is 15.1. The molecule has 1 fully saturated rings. The Kier molecular flexibility index (Phi) is 5.87. The number of hydrogen-bond acceptors (Lipinski definition) is 5. The van der Waals surface area contributed by atoms with Gasteiger partial charge < -0.3 is 14.5 Å². The van der Waals surface area contributed by atoms with E-state index < -0.39 is 34.1 Å². The Labute approximate surface area is 181 Å². The summed E-state index contributed by atoms with van der Waals surface area (Å²) in [6, 6.07) is 12.7. The molecule has 1 amide bonds. The van der Waals surface area contributed by atoms with Gasteiger partial charge in [-0.1, -0.05) is 36.4 Å². The number of alkyl halides is 3. The molecule has 170 valence electrons. The van der Waals surface area contributed by atoms with Crippen molar-refractivity contribution in [3.8, 4) is 5.75 Å². The molecule has 4 rings (SSSR count). The van der Waals surface area contributed by atoms with Crippen LogP contribution in [0.25, 0.3) is 11.0 Å². The van der Waals surface area contributed by atoms with Crippen LogP contribution in [0.4, 0.5) is 13.2 Å². The lowest BCUT2D eigenvalue weighted by atomic mass is 10.2. The van der Waals surface area contributed by atoms with Gasteiger partial charge in [-0.2, -0.15) is 4.31 Å². The average Bonchev–Trinajstić information content (AvgIpc) is 3.39. The van der Waals surface area contributed by atoms with Gasteiger partial charge in [0, 0.05) is 30.1 Å². The van der Waals surface area contributed by atoms with Crippen LogP contribution in [0.1, 0.15) is 18.4 Å². The van der Waals surface area contributed by atoms with Crippen molar-refractivity contribution in [1.82, 2.24) is 9.62 Å². The Hall–Kier alpha value is -3.05. The van der Waals surface area contributed by atoms with Crippen molar-refractivity contribution in [2.75, 3.05) is 6.54 Å². The molecule has 7 nitrogen and oxygen atoms in total. The molecule has 0 aliphatic carbocycles. The number of carbonyl (C=O) groups is 1. The minimum absolute atomic E-state index is 0.114. The molecule has 0 bridgehead atoms. The third-order valence-electron chi connectivity index (χ3n) is 5.12. The normalized spacial score (nSPS) is 17.5. The summed E-state index contributed by atoms with van der Waals surface area (Å²) >= 11 is 0. The molecule has 1 aliphatic rings. The molecule has 1 aliphatic heterocycles. The highest BCUT2D eigenvalue weighted by Gasteiger charge is 2.41. The van der Waals surface area contributed by atoms with E-state index in [4.69, 9.17) is 4.42 Å². The second-order valence-electron chi connectivity index (χ2n) is 7.25. The fourth-order valence-electron chi connectivity index (χ4n) is 3.66. The zero-order valence-corrected chi connectivity index (χ0v) is 17.4. The van der Waals surface area contributed by atoms with Gasteiger partial charge in [0.15, 0.2) is 0 Å². The number of ether oxygens (including phenoxy) is 1. The van der Waals surface area contributed by atoms with Crippen molar-refractivity contribution in [3.05, 3.63) is 60.2 Å². The van der Waals surface area contributed by atoms with Crippen molar-refractivity contribution < 1.29 is 35.5 Å². The number of rotatable bonds is 6. The largest absolute Gasteiger partial charge is 0.573 e. The summed E-state index contributed by atoms with van der Waals surface area (Å²) in [6.07, 6.45) is -4.12. The summed E-state index contributed by atoms with van der Waals surface area (Å²) in [5.41, 5.74) is 0.524. The van der Waals surface area contributed by atoms with Gasteiger partial charge in [0.25, 0.3) is 10.0 Å². The molecule has 0 spiro atoms. The quantitative estimate of drug-likeness (QED) is 0.595. The molecular weight excluding hydrogens is 449 g/mol. The van der Waals surface area contributed by atoms with E-state index in [-0.39, 0.29) is 30.2 Å². The second-order valence-corrected chi connectivity index (χ2v) is 9.07. The van der Waals surface area contributed by atoms with E-state index in [9.17, 15) is 26.4 Å². The van der Waals surface area contributed by atoms with Crippen LogP contribution in [0.3, 0.4) is 0 Å². The van der Waals surface area contributed by atoms with Crippen LogP contribution in [-0.2, 0) is 21.4 Å². The molecule has 2 heterocycles. The number of halogens is 3. The number of carbonyl (C=O) groups excluding carboxylic acids is 1. The summed E-state index contributed by atoms with van der Waals surface area (Å²) in [6.45, 7) is -0.120. The number of hydrogen-bond donors (Lipinski definition) is 1.